The zero-order valence-corrected chi connectivity index (χ0v) is 12.6. The van der Waals surface area contributed by atoms with Gasteiger partial charge in [-0.3, -0.25) is 4.79 Å². The van der Waals surface area contributed by atoms with Crippen LogP contribution in [0.15, 0.2) is 48.7 Å². The number of carbonyl (C=O) groups is 1. The maximum Gasteiger partial charge on any atom is 0.252 e. The summed E-state index contributed by atoms with van der Waals surface area (Å²) in [6, 6.07) is 13.7. The Labute approximate surface area is 130 Å². The van der Waals surface area contributed by atoms with E-state index in [2.05, 4.69) is 15.6 Å². The largest absolute Gasteiger partial charge is 0.352 e. The molecule has 5 heteroatoms. The summed E-state index contributed by atoms with van der Waals surface area (Å²) < 4.78 is 0. The molecule has 0 aliphatic carbocycles. The number of aromatic nitrogens is 1. The number of rotatable bonds is 5. The fourth-order valence-corrected chi connectivity index (χ4v) is 2.33. The number of hydrogen-bond donors (Lipinski definition) is 2. The third-order valence-corrected chi connectivity index (χ3v) is 3.91. The maximum atomic E-state index is 12.1. The highest BCUT2D eigenvalue weighted by molar-refractivity contribution is 5.94. The molecule has 5 nitrogen and oxygen atoms in total. The molecule has 0 radical (unpaired) electrons. The van der Waals surface area contributed by atoms with Crippen LogP contribution in [0.4, 0.5) is 11.5 Å². The Hall–Kier alpha value is -2.40. The first-order valence-electron chi connectivity index (χ1n) is 7.48. The van der Waals surface area contributed by atoms with Crippen molar-refractivity contribution in [1.82, 2.24) is 15.6 Å². The van der Waals surface area contributed by atoms with E-state index in [1.165, 1.54) is 0 Å². The van der Waals surface area contributed by atoms with Crippen molar-refractivity contribution in [2.45, 2.75) is 0 Å². The van der Waals surface area contributed by atoms with Crippen molar-refractivity contribution in [3.8, 4) is 0 Å². The first-order chi connectivity index (χ1) is 10.7. The zero-order valence-electron chi connectivity index (χ0n) is 12.6. The minimum absolute atomic E-state index is 0.0617. The van der Waals surface area contributed by atoms with E-state index in [1.54, 1.807) is 6.20 Å². The first kappa shape index (κ1) is 14.5. The molecule has 1 amide bonds. The molecule has 2 aromatic rings. The van der Waals surface area contributed by atoms with E-state index >= 15 is 0 Å². The fraction of sp³-hybridized carbons (Fsp3) is 0.294. The van der Waals surface area contributed by atoms with Gasteiger partial charge in [0.15, 0.2) is 0 Å². The molecule has 1 saturated heterocycles. The van der Waals surface area contributed by atoms with E-state index in [0.717, 1.165) is 31.1 Å². The number of benzene rings is 1. The normalized spacial score (nSPS) is 14.2. The van der Waals surface area contributed by atoms with Gasteiger partial charge < -0.3 is 15.5 Å². The van der Waals surface area contributed by atoms with Gasteiger partial charge in [-0.2, -0.15) is 0 Å². The molecule has 1 aliphatic rings. The van der Waals surface area contributed by atoms with Crippen LogP contribution in [-0.2, 0) is 0 Å². The molecule has 1 fully saturated rings. The summed E-state index contributed by atoms with van der Waals surface area (Å²) >= 11 is 0. The molecule has 0 atom stereocenters. The third kappa shape index (κ3) is 3.26. The van der Waals surface area contributed by atoms with Crippen LogP contribution in [0.1, 0.15) is 10.4 Å². The van der Waals surface area contributed by atoms with Crippen LogP contribution in [0.25, 0.3) is 0 Å². The molecule has 114 valence electrons. The number of nitrogens with one attached hydrogen (secondary N) is 2. The molecule has 0 saturated carbocycles. The molecule has 3 rings (SSSR count). The summed E-state index contributed by atoms with van der Waals surface area (Å²) in [5.74, 6) is 1.31. The number of carbonyl (C=O) groups excluding carboxylic acids is 1. The second-order valence-corrected chi connectivity index (χ2v) is 5.53. The Morgan fingerprint density at radius 1 is 1.27 bits per heavy atom. The summed E-state index contributed by atoms with van der Waals surface area (Å²) in [7, 11) is 1.96. The smallest absolute Gasteiger partial charge is 0.252 e. The number of para-hydroxylation sites is 1. The summed E-state index contributed by atoms with van der Waals surface area (Å²) in [5.41, 5.74) is 1.65. The predicted octanol–water partition coefficient (Wildman–Crippen LogP) is 1.80. The minimum Gasteiger partial charge on any atom is -0.352 e. The fourth-order valence-electron chi connectivity index (χ4n) is 2.33. The van der Waals surface area contributed by atoms with E-state index < -0.39 is 0 Å². The van der Waals surface area contributed by atoms with Crippen molar-refractivity contribution in [2.75, 3.05) is 31.6 Å². The lowest BCUT2D eigenvalue weighted by Gasteiger charge is -2.27. The van der Waals surface area contributed by atoms with Gasteiger partial charge in [-0.25, -0.2) is 4.98 Å². The molecule has 1 aromatic heterocycles. The van der Waals surface area contributed by atoms with Gasteiger partial charge in [0, 0.05) is 44.5 Å². The highest BCUT2D eigenvalue weighted by atomic mass is 16.1. The SMILES string of the molecule is CN(c1ccccc1)c1ccc(C(=O)NCC2CNC2)cn1. The van der Waals surface area contributed by atoms with Gasteiger partial charge in [-0.1, -0.05) is 18.2 Å². The van der Waals surface area contributed by atoms with Gasteiger partial charge >= 0.3 is 0 Å². The van der Waals surface area contributed by atoms with E-state index in [9.17, 15) is 4.79 Å². The quantitative estimate of drug-likeness (QED) is 0.883. The summed E-state index contributed by atoms with van der Waals surface area (Å²) in [6.45, 7) is 2.69. The second kappa shape index (κ2) is 6.58. The van der Waals surface area contributed by atoms with Gasteiger partial charge in [0.2, 0.25) is 0 Å². The molecule has 2 N–H and O–H groups in total. The highest BCUT2D eigenvalue weighted by Gasteiger charge is 2.17. The van der Waals surface area contributed by atoms with Crippen molar-refractivity contribution >= 4 is 17.4 Å². The molecule has 1 aromatic carbocycles. The lowest BCUT2D eigenvalue weighted by atomic mass is 10.0. The number of amides is 1. The molecule has 22 heavy (non-hydrogen) atoms. The third-order valence-electron chi connectivity index (χ3n) is 3.91. The number of hydrogen-bond acceptors (Lipinski definition) is 4. The van der Waals surface area contributed by atoms with Crippen LogP contribution in [0, 0.1) is 5.92 Å². The number of nitrogens with zero attached hydrogens (tertiary/aromatic N) is 2. The first-order valence-corrected chi connectivity index (χ1v) is 7.48. The van der Waals surface area contributed by atoms with Crippen molar-refractivity contribution in [1.29, 1.82) is 0 Å². The Morgan fingerprint density at radius 2 is 2.05 bits per heavy atom. The maximum absolute atomic E-state index is 12.1. The van der Waals surface area contributed by atoms with Crippen LogP contribution in [0.2, 0.25) is 0 Å². The Morgan fingerprint density at radius 3 is 2.64 bits per heavy atom. The van der Waals surface area contributed by atoms with E-state index in [0.29, 0.717) is 11.5 Å². The molecule has 1 aliphatic heterocycles. The number of pyridine rings is 1. The number of anilines is 2. The molecule has 0 bridgehead atoms. The van der Waals surface area contributed by atoms with Crippen molar-refractivity contribution in [3.63, 3.8) is 0 Å². The van der Waals surface area contributed by atoms with Crippen LogP contribution in [-0.4, -0.2) is 37.6 Å². The Bertz CT molecular complexity index is 623. The van der Waals surface area contributed by atoms with Crippen LogP contribution in [0.3, 0.4) is 0 Å². The van der Waals surface area contributed by atoms with Crippen LogP contribution >= 0.6 is 0 Å². The second-order valence-electron chi connectivity index (χ2n) is 5.53. The van der Waals surface area contributed by atoms with Crippen molar-refractivity contribution in [2.24, 2.45) is 5.92 Å². The van der Waals surface area contributed by atoms with Crippen LogP contribution < -0.4 is 15.5 Å². The van der Waals surface area contributed by atoms with E-state index in [4.69, 9.17) is 0 Å². The molecular weight excluding hydrogens is 276 g/mol. The lowest BCUT2D eigenvalue weighted by Crippen LogP contribution is -2.48. The lowest BCUT2D eigenvalue weighted by molar-refractivity contribution is 0.0942. The molecule has 0 unspecified atom stereocenters. The van der Waals surface area contributed by atoms with Gasteiger partial charge in [-0.05, 0) is 24.3 Å². The predicted molar refractivity (Wildman–Crippen MR) is 87.4 cm³/mol. The van der Waals surface area contributed by atoms with Gasteiger partial charge in [-0.15, -0.1) is 0 Å². The summed E-state index contributed by atoms with van der Waals surface area (Å²) in [4.78, 5) is 18.4. The minimum atomic E-state index is -0.0617. The standard InChI is InChI=1S/C17H20N4O/c1-21(15-5-3-2-4-6-15)16-8-7-14(12-19-16)17(22)20-11-13-9-18-10-13/h2-8,12-13,18H,9-11H2,1H3,(H,20,22). The van der Waals surface area contributed by atoms with Crippen molar-refractivity contribution in [3.05, 3.63) is 54.2 Å². The zero-order chi connectivity index (χ0) is 15.4. The van der Waals surface area contributed by atoms with E-state index in [-0.39, 0.29) is 5.91 Å². The van der Waals surface area contributed by atoms with E-state index in [1.807, 2.05) is 54.4 Å². The van der Waals surface area contributed by atoms with Crippen LogP contribution in [0.5, 0.6) is 0 Å². The molecule has 0 spiro atoms. The topological polar surface area (TPSA) is 57.3 Å². The van der Waals surface area contributed by atoms with Gasteiger partial charge in [0.25, 0.3) is 5.91 Å². The highest BCUT2D eigenvalue weighted by Crippen LogP contribution is 2.20. The Kier molecular flexibility index (Phi) is 4.34. The van der Waals surface area contributed by atoms with Gasteiger partial charge in [0.1, 0.15) is 5.82 Å². The summed E-state index contributed by atoms with van der Waals surface area (Å²) in [6.07, 6.45) is 1.63. The molecular formula is C17H20N4O. The monoisotopic (exact) mass is 296 g/mol. The van der Waals surface area contributed by atoms with Gasteiger partial charge in [0.05, 0.1) is 5.56 Å². The average Bonchev–Trinajstić information content (AvgIpc) is 2.53. The summed E-state index contributed by atoms with van der Waals surface area (Å²) in [5, 5.41) is 6.14. The van der Waals surface area contributed by atoms with Crippen molar-refractivity contribution < 1.29 is 4.79 Å². The molecule has 2 heterocycles. The average molecular weight is 296 g/mol. The Balaban J connectivity index is 1.63.